The molecule has 2 rings (SSSR count). The zero-order valence-corrected chi connectivity index (χ0v) is 11.1. The van der Waals surface area contributed by atoms with Gasteiger partial charge in [-0.15, -0.1) is 0 Å². The predicted molar refractivity (Wildman–Crippen MR) is 71.7 cm³/mol. The van der Waals surface area contributed by atoms with E-state index in [1.807, 2.05) is 0 Å². The molecule has 0 aliphatic rings. The van der Waals surface area contributed by atoms with Crippen LogP contribution in [0, 0.1) is 10.1 Å². The maximum Gasteiger partial charge on any atom is 0.314 e. The molecule has 5 nitrogen and oxygen atoms in total. The van der Waals surface area contributed by atoms with Crippen molar-refractivity contribution in [3.63, 3.8) is 0 Å². The van der Waals surface area contributed by atoms with Crippen molar-refractivity contribution in [3.05, 3.63) is 62.4 Å². The minimum atomic E-state index is -0.527. The molecular formula is C12H8Cl2N2O3. The second-order valence-electron chi connectivity index (χ2n) is 3.62. The largest absolute Gasteiger partial charge is 0.481 e. The van der Waals surface area contributed by atoms with Crippen LogP contribution in [-0.2, 0) is 6.61 Å². The molecule has 2 aromatic rings. The van der Waals surface area contributed by atoms with E-state index in [1.54, 1.807) is 18.2 Å². The molecule has 0 amide bonds. The molecule has 0 aliphatic heterocycles. The van der Waals surface area contributed by atoms with Gasteiger partial charge in [0.2, 0.25) is 5.75 Å². The normalized spacial score (nSPS) is 10.2. The van der Waals surface area contributed by atoms with Crippen LogP contribution in [-0.4, -0.2) is 9.91 Å². The van der Waals surface area contributed by atoms with Gasteiger partial charge < -0.3 is 4.74 Å². The Kier molecular flexibility index (Phi) is 4.19. The first-order valence-electron chi connectivity index (χ1n) is 5.23. The number of nitrogens with zero attached hydrogens (tertiary/aromatic N) is 2. The van der Waals surface area contributed by atoms with Gasteiger partial charge in [0.1, 0.15) is 6.61 Å². The highest BCUT2D eigenvalue weighted by molar-refractivity contribution is 6.35. The molecule has 0 bridgehead atoms. The van der Waals surface area contributed by atoms with Crippen molar-refractivity contribution in [1.82, 2.24) is 4.98 Å². The van der Waals surface area contributed by atoms with Crippen molar-refractivity contribution in [2.45, 2.75) is 6.61 Å². The minimum absolute atomic E-state index is 0.0958. The zero-order chi connectivity index (χ0) is 13.8. The van der Waals surface area contributed by atoms with Crippen LogP contribution in [0.5, 0.6) is 5.75 Å². The van der Waals surface area contributed by atoms with Crippen LogP contribution >= 0.6 is 23.2 Å². The Morgan fingerprint density at radius 1 is 1.32 bits per heavy atom. The maximum absolute atomic E-state index is 10.8. The van der Waals surface area contributed by atoms with Crippen LogP contribution in [0.15, 0.2) is 36.7 Å². The van der Waals surface area contributed by atoms with Gasteiger partial charge >= 0.3 is 5.69 Å². The molecule has 0 N–H and O–H groups in total. The molecule has 0 aliphatic carbocycles. The third kappa shape index (κ3) is 3.33. The molecular weight excluding hydrogens is 291 g/mol. The molecule has 98 valence electrons. The minimum Gasteiger partial charge on any atom is -0.481 e. The first-order chi connectivity index (χ1) is 9.08. The summed E-state index contributed by atoms with van der Waals surface area (Å²) in [5.74, 6) is 0.0958. The molecule has 0 atom stereocenters. The van der Waals surface area contributed by atoms with E-state index in [0.717, 1.165) is 0 Å². The van der Waals surface area contributed by atoms with Crippen molar-refractivity contribution in [2.24, 2.45) is 0 Å². The highest BCUT2D eigenvalue weighted by Gasteiger charge is 2.14. The molecule has 1 heterocycles. The molecule has 0 saturated carbocycles. The lowest BCUT2D eigenvalue weighted by Crippen LogP contribution is -2.00. The van der Waals surface area contributed by atoms with E-state index in [9.17, 15) is 10.1 Å². The van der Waals surface area contributed by atoms with Crippen molar-refractivity contribution in [3.8, 4) is 5.75 Å². The Morgan fingerprint density at radius 3 is 2.79 bits per heavy atom. The van der Waals surface area contributed by atoms with Gasteiger partial charge in [0.15, 0.2) is 0 Å². The molecule has 1 aromatic carbocycles. The number of ether oxygens (including phenoxy) is 1. The standard InChI is InChI=1S/C12H8Cl2N2O3/c13-9-2-1-8(10(14)5-9)7-19-12-6-15-4-3-11(12)16(17)18/h1-6H,7H2. The van der Waals surface area contributed by atoms with Gasteiger partial charge in [-0.05, 0) is 12.1 Å². The lowest BCUT2D eigenvalue weighted by molar-refractivity contribution is -0.386. The number of halogens is 2. The summed E-state index contributed by atoms with van der Waals surface area (Å²) in [6.45, 7) is 0.0997. The Labute approximate surface area is 118 Å². The maximum atomic E-state index is 10.8. The molecule has 0 fully saturated rings. The van der Waals surface area contributed by atoms with Gasteiger partial charge in [0, 0.05) is 27.9 Å². The van der Waals surface area contributed by atoms with Crippen LogP contribution in [0.2, 0.25) is 10.0 Å². The zero-order valence-electron chi connectivity index (χ0n) is 9.55. The van der Waals surface area contributed by atoms with E-state index in [2.05, 4.69) is 4.98 Å². The highest BCUT2D eigenvalue weighted by atomic mass is 35.5. The number of hydrogen-bond acceptors (Lipinski definition) is 4. The van der Waals surface area contributed by atoms with E-state index < -0.39 is 4.92 Å². The number of pyridine rings is 1. The lowest BCUT2D eigenvalue weighted by Gasteiger charge is -2.07. The average molecular weight is 299 g/mol. The topological polar surface area (TPSA) is 65.3 Å². The monoisotopic (exact) mass is 298 g/mol. The number of nitro groups is 1. The van der Waals surface area contributed by atoms with E-state index in [0.29, 0.717) is 15.6 Å². The van der Waals surface area contributed by atoms with Crippen molar-refractivity contribution in [2.75, 3.05) is 0 Å². The summed E-state index contributed by atoms with van der Waals surface area (Å²) in [6.07, 6.45) is 2.63. The Hall–Kier alpha value is -1.85. The summed E-state index contributed by atoms with van der Waals surface area (Å²) in [6, 6.07) is 6.23. The number of rotatable bonds is 4. The van der Waals surface area contributed by atoms with Gasteiger partial charge in [-0.2, -0.15) is 0 Å². The van der Waals surface area contributed by atoms with Crippen LogP contribution in [0.3, 0.4) is 0 Å². The van der Waals surface area contributed by atoms with Crippen molar-refractivity contribution in [1.29, 1.82) is 0 Å². The summed E-state index contributed by atoms with van der Waals surface area (Å²) in [5.41, 5.74) is 0.546. The van der Waals surface area contributed by atoms with Gasteiger partial charge in [-0.1, -0.05) is 29.3 Å². The fourth-order valence-corrected chi connectivity index (χ4v) is 1.89. The Morgan fingerprint density at radius 2 is 2.11 bits per heavy atom. The Bertz CT molecular complexity index is 620. The summed E-state index contributed by atoms with van der Waals surface area (Å²) < 4.78 is 5.37. The van der Waals surface area contributed by atoms with Crippen LogP contribution < -0.4 is 4.74 Å². The van der Waals surface area contributed by atoms with Crippen LogP contribution in [0.4, 0.5) is 5.69 Å². The van der Waals surface area contributed by atoms with Gasteiger partial charge in [-0.25, -0.2) is 0 Å². The third-order valence-corrected chi connectivity index (χ3v) is 2.94. The number of hydrogen-bond donors (Lipinski definition) is 0. The van der Waals surface area contributed by atoms with Crippen molar-refractivity contribution < 1.29 is 9.66 Å². The summed E-state index contributed by atoms with van der Waals surface area (Å²) >= 11 is 11.8. The highest BCUT2D eigenvalue weighted by Crippen LogP contribution is 2.27. The van der Waals surface area contributed by atoms with E-state index in [4.69, 9.17) is 27.9 Å². The van der Waals surface area contributed by atoms with Gasteiger partial charge in [0.25, 0.3) is 0 Å². The first-order valence-corrected chi connectivity index (χ1v) is 5.98. The van der Waals surface area contributed by atoms with Crippen LogP contribution in [0.25, 0.3) is 0 Å². The fraction of sp³-hybridized carbons (Fsp3) is 0.0833. The van der Waals surface area contributed by atoms with Crippen molar-refractivity contribution >= 4 is 28.9 Å². The molecule has 0 unspecified atom stereocenters. The molecule has 0 saturated heterocycles. The summed E-state index contributed by atoms with van der Waals surface area (Å²) in [5, 5.41) is 11.8. The SMILES string of the molecule is O=[N+]([O-])c1ccncc1OCc1ccc(Cl)cc1Cl. The second kappa shape index (κ2) is 5.86. The predicted octanol–water partition coefficient (Wildman–Crippen LogP) is 3.88. The van der Waals surface area contributed by atoms with Gasteiger partial charge in [0.05, 0.1) is 11.1 Å². The summed E-state index contributed by atoms with van der Waals surface area (Å²) in [7, 11) is 0. The van der Waals surface area contributed by atoms with E-state index in [1.165, 1.54) is 18.5 Å². The molecule has 19 heavy (non-hydrogen) atoms. The molecule has 1 aromatic heterocycles. The molecule has 0 spiro atoms. The average Bonchev–Trinajstić information content (AvgIpc) is 2.38. The van der Waals surface area contributed by atoms with Crippen LogP contribution in [0.1, 0.15) is 5.56 Å². The number of aromatic nitrogens is 1. The quantitative estimate of drug-likeness (QED) is 0.635. The number of benzene rings is 1. The summed E-state index contributed by atoms with van der Waals surface area (Å²) in [4.78, 5) is 14.1. The fourth-order valence-electron chi connectivity index (χ4n) is 1.43. The van der Waals surface area contributed by atoms with Gasteiger partial charge in [-0.3, -0.25) is 15.1 Å². The first kappa shape index (κ1) is 13.6. The molecule has 7 heteroatoms. The second-order valence-corrected chi connectivity index (χ2v) is 4.47. The third-order valence-electron chi connectivity index (χ3n) is 2.36. The smallest absolute Gasteiger partial charge is 0.314 e. The van der Waals surface area contributed by atoms with E-state index >= 15 is 0 Å². The molecule has 0 radical (unpaired) electrons. The lowest BCUT2D eigenvalue weighted by atomic mass is 10.2. The van der Waals surface area contributed by atoms with E-state index in [-0.39, 0.29) is 18.0 Å². The Balaban J connectivity index is 2.17.